The number of nitrogens with two attached hydrogens (primary N) is 1. The van der Waals surface area contributed by atoms with Gasteiger partial charge < -0.3 is 15.8 Å². The van der Waals surface area contributed by atoms with Gasteiger partial charge in [0.1, 0.15) is 23.2 Å². The Bertz CT molecular complexity index is 819. The van der Waals surface area contributed by atoms with Crippen LogP contribution in [0.3, 0.4) is 0 Å². The second-order valence-electron chi connectivity index (χ2n) is 5.13. The van der Waals surface area contributed by atoms with Gasteiger partial charge in [0, 0.05) is 17.9 Å². The van der Waals surface area contributed by atoms with Crippen molar-refractivity contribution in [2.45, 2.75) is 18.0 Å². The Kier molecular flexibility index (Phi) is 4.82. The summed E-state index contributed by atoms with van der Waals surface area (Å²) in [4.78, 5) is 19.5. The molecule has 7 nitrogen and oxygen atoms in total. The number of ether oxygens (including phenoxy) is 1. The Labute approximate surface area is 143 Å². The molecule has 0 spiro atoms. The highest BCUT2D eigenvalue weighted by Crippen LogP contribution is 2.27. The van der Waals surface area contributed by atoms with Crippen LogP contribution in [-0.4, -0.2) is 28.2 Å². The smallest absolute Gasteiger partial charge is 0.224 e. The fraction of sp³-hybridized carbons (Fsp3) is 0.250. The number of nitrogens with zero attached hydrogens (tertiary/aromatic N) is 3. The topological polar surface area (TPSA) is 114 Å². The summed E-state index contributed by atoms with van der Waals surface area (Å²) in [5.41, 5.74) is 7.87. The van der Waals surface area contributed by atoms with Crippen LogP contribution in [0.1, 0.15) is 17.5 Å². The molecule has 1 aliphatic heterocycles. The van der Waals surface area contributed by atoms with Crippen LogP contribution >= 0.6 is 11.8 Å². The van der Waals surface area contributed by atoms with E-state index in [1.807, 2.05) is 24.3 Å². The van der Waals surface area contributed by atoms with Crippen molar-refractivity contribution in [3.05, 3.63) is 35.5 Å². The van der Waals surface area contributed by atoms with Crippen LogP contribution in [-0.2, 0) is 11.2 Å². The predicted molar refractivity (Wildman–Crippen MR) is 90.8 cm³/mol. The molecule has 0 saturated heterocycles. The number of anilines is 2. The number of aryl methyl sites for hydroxylation is 1. The lowest BCUT2D eigenvalue weighted by atomic mass is 10.0. The number of nitriles is 1. The maximum absolute atomic E-state index is 11.3. The van der Waals surface area contributed by atoms with Gasteiger partial charge >= 0.3 is 0 Å². The van der Waals surface area contributed by atoms with E-state index < -0.39 is 0 Å². The van der Waals surface area contributed by atoms with Gasteiger partial charge in [-0.1, -0.05) is 11.8 Å². The number of thioether (sulfide) groups is 1. The predicted octanol–water partition coefficient (Wildman–Crippen LogP) is 1.99. The number of fused-ring (bicyclic) bond motifs is 1. The van der Waals surface area contributed by atoms with E-state index in [9.17, 15) is 4.79 Å². The van der Waals surface area contributed by atoms with E-state index in [1.165, 1.54) is 18.0 Å². The number of nitrogen functional groups attached to an aromatic ring is 1. The Balaban J connectivity index is 1.51. The molecule has 24 heavy (non-hydrogen) atoms. The normalized spacial score (nSPS) is 12.9. The van der Waals surface area contributed by atoms with E-state index in [0.717, 1.165) is 23.4 Å². The van der Waals surface area contributed by atoms with Crippen molar-refractivity contribution in [3.63, 3.8) is 0 Å². The van der Waals surface area contributed by atoms with Gasteiger partial charge in [-0.05, 0) is 30.2 Å². The van der Waals surface area contributed by atoms with Crippen molar-refractivity contribution < 1.29 is 9.53 Å². The van der Waals surface area contributed by atoms with Gasteiger partial charge in [-0.25, -0.2) is 9.97 Å². The summed E-state index contributed by atoms with van der Waals surface area (Å²) in [6, 6.07) is 7.58. The van der Waals surface area contributed by atoms with Gasteiger partial charge in [0.25, 0.3) is 0 Å². The van der Waals surface area contributed by atoms with Crippen molar-refractivity contribution >= 4 is 29.2 Å². The van der Waals surface area contributed by atoms with Gasteiger partial charge in [0.05, 0.1) is 12.8 Å². The number of carbonyl (C=O) groups is 1. The van der Waals surface area contributed by atoms with E-state index in [2.05, 4.69) is 15.3 Å². The molecule has 1 aliphatic rings. The molecule has 0 unspecified atom stereocenters. The van der Waals surface area contributed by atoms with Crippen LogP contribution in [0.4, 0.5) is 11.5 Å². The number of hydrogen-bond donors (Lipinski definition) is 2. The lowest BCUT2D eigenvalue weighted by Crippen LogP contribution is -2.18. The first-order valence-electron chi connectivity index (χ1n) is 7.36. The minimum absolute atomic E-state index is 0.0502. The summed E-state index contributed by atoms with van der Waals surface area (Å²) >= 11 is 1.41. The quantitative estimate of drug-likeness (QED) is 0.485. The first-order chi connectivity index (χ1) is 11.7. The van der Waals surface area contributed by atoms with E-state index in [-0.39, 0.29) is 17.3 Å². The number of benzene rings is 1. The lowest BCUT2D eigenvalue weighted by Gasteiger charge is -2.17. The van der Waals surface area contributed by atoms with Crippen LogP contribution in [0.5, 0.6) is 5.75 Å². The number of nitrogens with one attached hydrogen (secondary N) is 1. The fourth-order valence-electron chi connectivity index (χ4n) is 2.28. The van der Waals surface area contributed by atoms with Crippen LogP contribution in [0.25, 0.3) is 0 Å². The molecule has 1 aromatic heterocycles. The molecule has 0 saturated carbocycles. The van der Waals surface area contributed by atoms with Gasteiger partial charge in [-0.15, -0.1) is 0 Å². The largest absolute Gasteiger partial charge is 0.493 e. The van der Waals surface area contributed by atoms with E-state index in [0.29, 0.717) is 23.9 Å². The Morgan fingerprint density at radius 2 is 2.29 bits per heavy atom. The number of rotatable bonds is 5. The Hall–Kier alpha value is -2.79. The molecule has 0 radical (unpaired) electrons. The maximum atomic E-state index is 11.3. The number of aromatic nitrogens is 2. The lowest BCUT2D eigenvalue weighted by molar-refractivity contribution is -0.116. The number of hydrogen-bond acceptors (Lipinski definition) is 7. The van der Waals surface area contributed by atoms with Crippen molar-refractivity contribution in [1.29, 1.82) is 5.26 Å². The van der Waals surface area contributed by atoms with Crippen molar-refractivity contribution in [1.82, 2.24) is 9.97 Å². The summed E-state index contributed by atoms with van der Waals surface area (Å²) in [5, 5.41) is 12.1. The molecule has 2 heterocycles. The van der Waals surface area contributed by atoms with Crippen LogP contribution < -0.4 is 15.8 Å². The molecule has 0 aliphatic carbocycles. The third-order valence-electron chi connectivity index (χ3n) is 3.47. The molecule has 0 atom stereocenters. The molecular weight excluding hydrogens is 326 g/mol. The van der Waals surface area contributed by atoms with Gasteiger partial charge in [-0.3, -0.25) is 4.79 Å². The average Bonchev–Trinajstić information content (AvgIpc) is 2.59. The van der Waals surface area contributed by atoms with Crippen LogP contribution in [0.2, 0.25) is 0 Å². The molecular formula is C16H15N5O2S. The second-order valence-corrected chi connectivity index (χ2v) is 6.19. The summed E-state index contributed by atoms with van der Waals surface area (Å²) in [6.07, 6.45) is 2.65. The average molecular weight is 341 g/mol. The van der Waals surface area contributed by atoms with Crippen molar-refractivity contribution in [2.75, 3.05) is 23.4 Å². The Morgan fingerprint density at radius 3 is 3.08 bits per heavy atom. The molecule has 122 valence electrons. The molecule has 3 rings (SSSR count). The van der Waals surface area contributed by atoms with Crippen molar-refractivity contribution in [3.8, 4) is 11.8 Å². The standard InChI is InChI=1S/C16H15N5O2S/c17-8-11-9-19-16(21-15(11)18)24-6-5-23-12-2-3-13-10(7-12)1-4-14(22)20-13/h2-3,7,9H,1,4-6H2,(H,20,22)(H2,18,19,21). The van der Waals surface area contributed by atoms with E-state index >= 15 is 0 Å². The first kappa shape index (κ1) is 16.1. The van der Waals surface area contributed by atoms with E-state index in [4.69, 9.17) is 15.7 Å². The molecule has 3 N–H and O–H groups in total. The van der Waals surface area contributed by atoms with Crippen LogP contribution in [0, 0.1) is 11.3 Å². The zero-order valence-corrected chi connectivity index (χ0v) is 13.6. The Morgan fingerprint density at radius 1 is 1.42 bits per heavy atom. The maximum Gasteiger partial charge on any atom is 0.224 e. The highest BCUT2D eigenvalue weighted by atomic mass is 32.2. The second kappa shape index (κ2) is 7.19. The monoisotopic (exact) mass is 341 g/mol. The molecule has 1 amide bonds. The van der Waals surface area contributed by atoms with Crippen molar-refractivity contribution in [2.24, 2.45) is 0 Å². The third kappa shape index (κ3) is 3.75. The van der Waals surface area contributed by atoms with Gasteiger partial charge in [0.2, 0.25) is 5.91 Å². The van der Waals surface area contributed by atoms with Gasteiger partial charge in [0.15, 0.2) is 5.16 Å². The van der Waals surface area contributed by atoms with E-state index in [1.54, 1.807) is 0 Å². The fourth-order valence-corrected chi connectivity index (χ4v) is 2.92. The summed E-state index contributed by atoms with van der Waals surface area (Å²) in [6.45, 7) is 0.485. The van der Waals surface area contributed by atoms with Gasteiger partial charge in [-0.2, -0.15) is 5.26 Å². The van der Waals surface area contributed by atoms with Crippen LogP contribution in [0.15, 0.2) is 29.6 Å². The minimum atomic E-state index is 0.0502. The molecule has 0 fully saturated rings. The molecule has 0 bridgehead atoms. The zero-order chi connectivity index (χ0) is 16.9. The highest BCUT2D eigenvalue weighted by Gasteiger charge is 2.15. The summed E-state index contributed by atoms with van der Waals surface area (Å²) in [5.74, 6) is 1.66. The SMILES string of the molecule is N#Cc1cnc(SCCOc2ccc3c(c2)CCC(=O)N3)nc1N. The summed E-state index contributed by atoms with van der Waals surface area (Å²) < 4.78 is 5.72. The summed E-state index contributed by atoms with van der Waals surface area (Å²) in [7, 11) is 0. The number of amides is 1. The first-order valence-corrected chi connectivity index (χ1v) is 8.35. The number of carbonyl (C=O) groups excluding carboxylic acids is 1. The molecule has 1 aromatic carbocycles. The third-order valence-corrected chi connectivity index (χ3v) is 4.30. The molecule has 2 aromatic rings. The molecule has 8 heteroatoms. The highest BCUT2D eigenvalue weighted by molar-refractivity contribution is 7.99. The zero-order valence-electron chi connectivity index (χ0n) is 12.8. The minimum Gasteiger partial charge on any atom is -0.493 e.